The third-order valence-electron chi connectivity index (χ3n) is 3.51. The fourth-order valence-electron chi connectivity index (χ4n) is 2.22. The number of nitrogens with one attached hydrogen (secondary N) is 2. The first-order chi connectivity index (χ1) is 13.2. The van der Waals surface area contributed by atoms with Crippen LogP contribution in [0.1, 0.15) is 11.1 Å². The molecule has 3 aromatic rings. The minimum atomic E-state index is -0.327. The average Bonchev–Trinajstić information content (AvgIpc) is 3.14. The molecule has 0 radical (unpaired) electrons. The molecule has 0 unspecified atom stereocenters. The van der Waals surface area contributed by atoms with Gasteiger partial charge in [-0.2, -0.15) is 0 Å². The zero-order valence-electron chi connectivity index (χ0n) is 14.4. The number of carbonyl (C=O) groups excluding carboxylic acids is 2. The van der Waals surface area contributed by atoms with Crippen LogP contribution >= 0.6 is 23.1 Å². The third kappa shape index (κ3) is 6.50. The predicted octanol–water partition coefficient (Wildman–Crippen LogP) is 3.13. The van der Waals surface area contributed by atoms with Gasteiger partial charge >= 0.3 is 0 Å². The molecule has 0 spiro atoms. The van der Waals surface area contributed by atoms with Crippen molar-refractivity contribution >= 4 is 40.0 Å². The van der Waals surface area contributed by atoms with E-state index < -0.39 is 0 Å². The van der Waals surface area contributed by atoms with Crippen LogP contribution in [0, 0.1) is 0 Å². The first-order valence-electron chi connectivity index (χ1n) is 8.30. The molecule has 2 aromatic carbocycles. The molecule has 0 saturated heterocycles. The van der Waals surface area contributed by atoms with Gasteiger partial charge in [0.05, 0.1) is 13.0 Å². The molecule has 27 heavy (non-hydrogen) atoms. The molecule has 0 aliphatic carbocycles. The number of carbonyl (C=O) groups is 2. The molecule has 6 nitrogen and oxygen atoms in total. The van der Waals surface area contributed by atoms with Gasteiger partial charge in [-0.05, 0) is 11.1 Å². The van der Waals surface area contributed by atoms with Gasteiger partial charge in [0.15, 0.2) is 4.34 Å². The Hall–Kier alpha value is -2.71. The van der Waals surface area contributed by atoms with Crippen LogP contribution in [0.4, 0.5) is 5.13 Å². The van der Waals surface area contributed by atoms with Crippen LogP contribution in [0.15, 0.2) is 65.0 Å². The smallest absolute Gasteiger partial charge is 0.245 e. The van der Waals surface area contributed by atoms with Gasteiger partial charge < -0.3 is 5.32 Å². The van der Waals surface area contributed by atoms with Gasteiger partial charge in [0.2, 0.25) is 16.9 Å². The standard InChI is InChI=1S/C19H18N4O2S2/c24-16(11-14-7-3-1-4-8-14)20-12-17(25)21-18-22-23-19(27-18)26-13-15-9-5-2-6-10-15/h1-10H,11-13H2,(H,20,24)(H,21,22,25). The van der Waals surface area contributed by atoms with E-state index in [0.717, 1.165) is 15.7 Å². The quantitative estimate of drug-likeness (QED) is 0.450. The summed E-state index contributed by atoms with van der Waals surface area (Å²) in [5.74, 6) is 0.263. The van der Waals surface area contributed by atoms with Gasteiger partial charge in [0, 0.05) is 5.75 Å². The van der Waals surface area contributed by atoms with E-state index in [1.165, 1.54) is 16.9 Å². The third-order valence-corrected chi connectivity index (χ3v) is 5.55. The van der Waals surface area contributed by atoms with Crippen LogP contribution in [-0.2, 0) is 21.8 Å². The normalized spacial score (nSPS) is 10.4. The summed E-state index contributed by atoms with van der Waals surface area (Å²) >= 11 is 2.88. The van der Waals surface area contributed by atoms with E-state index in [-0.39, 0.29) is 24.8 Å². The monoisotopic (exact) mass is 398 g/mol. The summed E-state index contributed by atoms with van der Waals surface area (Å²) in [6.07, 6.45) is 0.243. The van der Waals surface area contributed by atoms with Crippen molar-refractivity contribution in [2.75, 3.05) is 11.9 Å². The molecule has 1 heterocycles. The van der Waals surface area contributed by atoms with Crippen molar-refractivity contribution in [1.29, 1.82) is 0 Å². The van der Waals surface area contributed by atoms with Gasteiger partial charge in [0.25, 0.3) is 0 Å². The minimum Gasteiger partial charge on any atom is -0.347 e. The van der Waals surface area contributed by atoms with Crippen LogP contribution < -0.4 is 10.6 Å². The van der Waals surface area contributed by atoms with Crippen LogP contribution in [0.5, 0.6) is 0 Å². The molecule has 0 bridgehead atoms. The second-order valence-electron chi connectivity index (χ2n) is 5.63. The molecule has 0 aliphatic rings. The van der Waals surface area contributed by atoms with Crippen molar-refractivity contribution in [3.05, 3.63) is 71.8 Å². The van der Waals surface area contributed by atoms with Crippen molar-refractivity contribution in [3.63, 3.8) is 0 Å². The Morgan fingerprint density at radius 2 is 1.56 bits per heavy atom. The van der Waals surface area contributed by atoms with E-state index in [1.807, 2.05) is 48.5 Å². The molecule has 0 fully saturated rings. The number of hydrogen-bond donors (Lipinski definition) is 2. The fraction of sp³-hybridized carbons (Fsp3) is 0.158. The summed E-state index contributed by atoms with van der Waals surface area (Å²) < 4.78 is 0.780. The molecule has 1 aromatic heterocycles. The number of nitrogens with zero attached hydrogens (tertiary/aromatic N) is 2. The van der Waals surface area contributed by atoms with Crippen molar-refractivity contribution in [1.82, 2.24) is 15.5 Å². The van der Waals surface area contributed by atoms with Crippen molar-refractivity contribution < 1.29 is 9.59 Å². The molecule has 8 heteroatoms. The minimum absolute atomic E-state index is 0.0995. The second kappa shape index (κ2) is 9.84. The van der Waals surface area contributed by atoms with E-state index in [1.54, 1.807) is 11.8 Å². The van der Waals surface area contributed by atoms with Crippen LogP contribution in [0.2, 0.25) is 0 Å². The highest BCUT2D eigenvalue weighted by molar-refractivity contribution is 8.00. The Kier molecular flexibility index (Phi) is 6.95. The number of hydrogen-bond acceptors (Lipinski definition) is 6. The molecule has 0 atom stereocenters. The lowest BCUT2D eigenvalue weighted by Crippen LogP contribution is -2.33. The zero-order valence-corrected chi connectivity index (χ0v) is 16.1. The molecular formula is C19H18N4O2S2. The maximum Gasteiger partial charge on any atom is 0.245 e. The Labute approximate surface area is 165 Å². The van der Waals surface area contributed by atoms with Gasteiger partial charge in [0.1, 0.15) is 0 Å². The Morgan fingerprint density at radius 3 is 2.26 bits per heavy atom. The largest absolute Gasteiger partial charge is 0.347 e. The molecule has 138 valence electrons. The predicted molar refractivity (Wildman–Crippen MR) is 108 cm³/mol. The lowest BCUT2D eigenvalue weighted by molar-refractivity contribution is -0.123. The molecular weight excluding hydrogens is 380 g/mol. The summed E-state index contributed by atoms with van der Waals surface area (Å²) in [7, 11) is 0. The number of thioether (sulfide) groups is 1. The number of rotatable bonds is 8. The zero-order chi connectivity index (χ0) is 18.9. The first kappa shape index (κ1) is 19.1. The highest BCUT2D eigenvalue weighted by atomic mass is 32.2. The van der Waals surface area contributed by atoms with Crippen molar-refractivity contribution in [2.24, 2.45) is 0 Å². The summed E-state index contributed by atoms with van der Waals surface area (Å²) in [5.41, 5.74) is 2.10. The first-order valence-corrected chi connectivity index (χ1v) is 10.1. The maximum absolute atomic E-state index is 12.0. The highest BCUT2D eigenvalue weighted by Gasteiger charge is 2.10. The summed E-state index contributed by atoms with van der Waals surface area (Å²) in [5, 5.41) is 13.7. The van der Waals surface area contributed by atoms with E-state index in [4.69, 9.17) is 0 Å². The van der Waals surface area contributed by atoms with Crippen molar-refractivity contribution in [2.45, 2.75) is 16.5 Å². The van der Waals surface area contributed by atoms with E-state index >= 15 is 0 Å². The SMILES string of the molecule is O=C(Cc1ccccc1)NCC(=O)Nc1nnc(SCc2ccccc2)s1. The summed E-state index contributed by atoms with van der Waals surface area (Å²) in [4.78, 5) is 23.8. The highest BCUT2D eigenvalue weighted by Crippen LogP contribution is 2.28. The van der Waals surface area contributed by atoms with Gasteiger partial charge in [-0.25, -0.2) is 0 Å². The molecule has 0 saturated carbocycles. The lowest BCUT2D eigenvalue weighted by Gasteiger charge is -2.04. The Balaban J connectivity index is 1.40. The second-order valence-corrected chi connectivity index (χ2v) is 7.83. The molecule has 2 amide bonds. The molecule has 3 rings (SSSR count). The number of benzene rings is 2. The fourth-order valence-corrected chi connectivity index (χ4v) is 3.95. The van der Waals surface area contributed by atoms with Crippen LogP contribution in [0.25, 0.3) is 0 Å². The number of amides is 2. The van der Waals surface area contributed by atoms with Gasteiger partial charge in [-0.15, -0.1) is 10.2 Å². The molecule has 0 aliphatic heterocycles. The lowest BCUT2D eigenvalue weighted by atomic mass is 10.1. The van der Waals surface area contributed by atoms with E-state index in [9.17, 15) is 9.59 Å². The Bertz CT molecular complexity index is 885. The summed E-state index contributed by atoms with van der Waals surface area (Å²) in [6, 6.07) is 19.4. The topological polar surface area (TPSA) is 84.0 Å². The van der Waals surface area contributed by atoms with Crippen LogP contribution in [0.3, 0.4) is 0 Å². The molecule has 2 N–H and O–H groups in total. The Morgan fingerprint density at radius 1 is 0.889 bits per heavy atom. The van der Waals surface area contributed by atoms with E-state index in [0.29, 0.717) is 5.13 Å². The summed E-state index contributed by atoms with van der Waals surface area (Å²) in [6.45, 7) is -0.0995. The maximum atomic E-state index is 12.0. The number of aromatic nitrogens is 2. The van der Waals surface area contributed by atoms with E-state index in [2.05, 4.69) is 33.0 Å². The van der Waals surface area contributed by atoms with Crippen LogP contribution in [-0.4, -0.2) is 28.6 Å². The average molecular weight is 399 g/mol. The van der Waals surface area contributed by atoms with Gasteiger partial charge in [-0.3, -0.25) is 14.9 Å². The van der Waals surface area contributed by atoms with Crippen molar-refractivity contribution in [3.8, 4) is 0 Å². The number of anilines is 1. The van der Waals surface area contributed by atoms with Gasteiger partial charge in [-0.1, -0.05) is 83.8 Å².